The number of nitrogens with one attached hydrogen (secondary N) is 2. The van der Waals surface area contributed by atoms with Gasteiger partial charge >= 0.3 is 5.97 Å². The molecular weight excluding hydrogens is 991 g/mol. The van der Waals surface area contributed by atoms with Gasteiger partial charge in [0.05, 0.1) is 23.7 Å². The van der Waals surface area contributed by atoms with Gasteiger partial charge in [-0.25, -0.2) is 9.83 Å². The van der Waals surface area contributed by atoms with E-state index in [-0.39, 0.29) is 45.6 Å². The summed E-state index contributed by atoms with van der Waals surface area (Å²) in [4.78, 5) is 23.4. The SMILES string of the molecule is [C-]#[N+]c1c(C(C)(C)C)nn(-c2nnc(-n3nc(C(C)(C)C)c(C#N)c3N=Nc3c(C)cc(N(CC(=O)O)c4c(C)cc(C)cc4C)nc3Nc3c(C)cc(C)cc3C)s2)c1N=Nc1c(C(C)(C)C)nn2c(C(C)C)n[nH]c12. The molecule has 8 rings (SSSR count). The van der Waals surface area contributed by atoms with Gasteiger partial charge in [-0.2, -0.15) is 39.5 Å². The zero-order chi connectivity index (χ0) is 56.4. The van der Waals surface area contributed by atoms with Crippen LogP contribution in [0.2, 0.25) is 0 Å². The number of hydrogen-bond donors (Lipinski definition) is 3. The number of nitriles is 1. The number of azo groups is 2. The lowest BCUT2D eigenvalue weighted by Crippen LogP contribution is -2.27. The summed E-state index contributed by atoms with van der Waals surface area (Å²) in [6.07, 6.45) is 0. The minimum absolute atomic E-state index is 0.0691. The Labute approximate surface area is 452 Å². The normalized spacial score (nSPS) is 12.4. The number of carboxylic acids is 1. The maximum absolute atomic E-state index is 12.6. The number of pyridine rings is 1. The van der Waals surface area contributed by atoms with Gasteiger partial charge in [-0.15, -0.1) is 30.7 Å². The number of carboxylic acid groups (broad SMARTS) is 1. The third kappa shape index (κ3) is 10.6. The molecule has 0 spiro atoms. The molecule has 21 nitrogen and oxygen atoms in total. The Morgan fingerprint density at radius 1 is 0.766 bits per heavy atom. The summed E-state index contributed by atoms with van der Waals surface area (Å²) in [6.45, 7) is 43.8. The smallest absolute Gasteiger partial charge is 0.323 e. The van der Waals surface area contributed by atoms with Gasteiger partial charge in [0.25, 0.3) is 5.69 Å². The second kappa shape index (κ2) is 20.2. The van der Waals surface area contributed by atoms with E-state index in [0.29, 0.717) is 51.3 Å². The molecule has 6 aromatic heterocycles. The number of rotatable bonds is 13. The molecule has 77 heavy (non-hydrogen) atoms. The van der Waals surface area contributed by atoms with Gasteiger partial charge in [0.2, 0.25) is 10.3 Å². The van der Waals surface area contributed by atoms with E-state index >= 15 is 0 Å². The molecule has 22 heteroatoms. The molecule has 0 atom stereocenters. The van der Waals surface area contributed by atoms with Gasteiger partial charge in [0.15, 0.2) is 34.6 Å². The Bertz CT molecular complexity index is 3740. The van der Waals surface area contributed by atoms with Crippen LogP contribution in [0.4, 0.5) is 51.7 Å². The van der Waals surface area contributed by atoms with Crippen LogP contribution in [0.3, 0.4) is 0 Å². The van der Waals surface area contributed by atoms with Crippen LogP contribution in [0.5, 0.6) is 0 Å². The van der Waals surface area contributed by atoms with Crippen molar-refractivity contribution in [1.29, 1.82) is 5.26 Å². The van der Waals surface area contributed by atoms with Crippen molar-refractivity contribution in [2.45, 2.75) is 147 Å². The molecule has 398 valence electrons. The van der Waals surface area contributed by atoms with Crippen LogP contribution >= 0.6 is 11.3 Å². The van der Waals surface area contributed by atoms with E-state index in [1.54, 1.807) is 15.5 Å². The number of nitrogens with zero attached hydrogens (tertiary/aromatic N) is 17. The van der Waals surface area contributed by atoms with Crippen molar-refractivity contribution < 1.29 is 9.90 Å². The zero-order valence-electron chi connectivity index (χ0n) is 47.0. The summed E-state index contributed by atoms with van der Waals surface area (Å²) in [7, 11) is 0. The number of carbonyl (C=O) groups is 1. The lowest BCUT2D eigenvalue weighted by Gasteiger charge is -2.27. The Balaban J connectivity index is 1.30. The number of hydrogen-bond acceptors (Lipinski definition) is 16. The van der Waals surface area contributed by atoms with Crippen molar-refractivity contribution in [3.63, 3.8) is 0 Å². The van der Waals surface area contributed by atoms with Gasteiger partial charge < -0.3 is 15.3 Å². The quantitative estimate of drug-likeness (QED) is 0.0720. The Morgan fingerprint density at radius 2 is 1.30 bits per heavy atom. The van der Waals surface area contributed by atoms with E-state index in [9.17, 15) is 15.2 Å². The number of aromatic nitrogens is 11. The molecule has 0 radical (unpaired) electrons. The van der Waals surface area contributed by atoms with Crippen molar-refractivity contribution in [3.8, 4) is 16.3 Å². The van der Waals surface area contributed by atoms with E-state index < -0.39 is 22.2 Å². The van der Waals surface area contributed by atoms with Crippen LogP contribution in [0.1, 0.15) is 149 Å². The molecule has 0 saturated heterocycles. The number of aromatic amines is 1. The molecule has 8 aromatic rings. The predicted octanol–water partition coefficient (Wildman–Crippen LogP) is 14.1. The summed E-state index contributed by atoms with van der Waals surface area (Å²) in [5.41, 5.74) is 9.64. The maximum Gasteiger partial charge on any atom is 0.323 e. The van der Waals surface area contributed by atoms with E-state index in [4.69, 9.17) is 47.3 Å². The van der Waals surface area contributed by atoms with Crippen LogP contribution in [0.25, 0.3) is 20.8 Å². The molecule has 0 bridgehead atoms. The van der Waals surface area contributed by atoms with Gasteiger partial charge in [0.1, 0.15) is 29.7 Å². The van der Waals surface area contributed by atoms with Gasteiger partial charge in [0, 0.05) is 28.1 Å². The molecule has 6 heterocycles. The third-order valence-electron chi connectivity index (χ3n) is 12.7. The standard InChI is InChI=1S/C55H65N19O2S/c1-27(2)47-62-65-50-41(45(55(16,17)18)69-72(47)50)61-64-49-40(57-19)44(54(13,14)15)70-74(49)52-67-66-51(77-52)73-48(35(25-56)43(68-73)53(10,11)12)63-60-39-32(7)24-36(58-46(39)59-38-30(5)20-28(3)21-31(38)6)71(26-37(75)76)42-33(8)22-29(4)23-34(42)9/h20-24,27,65H,26H2,1-18H3,(H,58,59)(H,75,76). The molecule has 0 fully saturated rings. The topological polar surface area (TPSA) is 250 Å². The summed E-state index contributed by atoms with van der Waals surface area (Å²) in [5.74, 6) is 0.664. The molecule has 0 aliphatic carbocycles. The highest BCUT2D eigenvalue weighted by atomic mass is 32.1. The Kier molecular flexibility index (Phi) is 14.4. The first kappa shape index (κ1) is 54.8. The van der Waals surface area contributed by atoms with Crippen LogP contribution in [0, 0.1) is 66.4 Å². The molecular formula is C55H65N19O2S. The zero-order valence-corrected chi connectivity index (χ0v) is 47.9. The fraction of sp³-hybridized carbons (Fsp3) is 0.418. The lowest BCUT2D eigenvalue weighted by atomic mass is 9.90. The minimum atomic E-state index is -1.03. The fourth-order valence-corrected chi connectivity index (χ4v) is 10.1. The van der Waals surface area contributed by atoms with E-state index in [1.807, 2.05) is 137 Å². The predicted molar refractivity (Wildman–Crippen MR) is 299 cm³/mol. The molecule has 0 unspecified atom stereocenters. The van der Waals surface area contributed by atoms with Gasteiger partial charge in [-0.1, -0.05) is 123 Å². The number of H-pyrrole nitrogens is 1. The summed E-state index contributed by atoms with van der Waals surface area (Å²) >= 11 is 1.09. The highest BCUT2D eigenvalue weighted by Crippen LogP contribution is 2.45. The third-order valence-corrected chi connectivity index (χ3v) is 13.6. The molecule has 2 aromatic carbocycles. The summed E-state index contributed by atoms with van der Waals surface area (Å²) < 4.78 is 4.65. The number of fused-ring (bicyclic) bond motifs is 1. The van der Waals surface area contributed by atoms with Crippen LogP contribution in [-0.2, 0) is 21.0 Å². The van der Waals surface area contributed by atoms with Crippen LogP contribution < -0.4 is 10.2 Å². The lowest BCUT2D eigenvalue weighted by molar-refractivity contribution is -0.135. The van der Waals surface area contributed by atoms with Gasteiger partial charge in [-0.3, -0.25) is 9.89 Å². The van der Waals surface area contributed by atoms with E-state index in [1.165, 1.54) is 9.36 Å². The fourth-order valence-electron chi connectivity index (χ4n) is 9.38. The van der Waals surface area contributed by atoms with Crippen molar-refractivity contribution in [1.82, 2.24) is 54.6 Å². The van der Waals surface area contributed by atoms with Crippen LogP contribution in [0.15, 0.2) is 50.8 Å². The van der Waals surface area contributed by atoms with Crippen molar-refractivity contribution in [2.75, 3.05) is 16.8 Å². The monoisotopic (exact) mass is 1060 g/mol. The number of anilines is 4. The first-order chi connectivity index (χ1) is 36.0. The van der Waals surface area contributed by atoms with Crippen molar-refractivity contribution in [2.24, 2.45) is 20.5 Å². The average Bonchev–Trinajstić information content (AvgIpc) is 4.15. The maximum atomic E-state index is 12.6. The largest absolute Gasteiger partial charge is 0.480 e. The molecule has 0 aliphatic rings. The molecule has 0 saturated carbocycles. The Hall–Kier alpha value is -8.50. The summed E-state index contributed by atoms with van der Waals surface area (Å²) in [5, 5.41) is 76.1. The molecule has 3 N–H and O–H groups in total. The number of benzene rings is 2. The van der Waals surface area contributed by atoms with Crippen molar-refractivity contribution in [3.05, 3.63) is 109 Å². The number of aliphatic carboxylic acids is 1. The highest BCUT2D eigenvalue weighted by molar-refractivity contribution is 7.16. The van der Waals surface area contributed by atoms with Gasteiger partial charge in [-0.05, 0) is 87.8 Å². The summed E-state index contributed by atoms with van der Waals surface area (Å²) in [6, 6.07) is 12.3. The second-order valence-corrected chi connectivity index (χ2v) is 23.9. The van der Waals surface area contributed by atoms with E-state index in [2.05, 4.69) is 48.8 Å². The van der Waals surface area contributed by atoms with Crippen LogP contribution in [-0.4, -0.2) is 72.2 Å². The highest BCUT2D eigenvalue weighted by Gasteiger charge is 2.34. The first-order valence-electron chi connectivity index (χ1n) is 25.2. The van der Waals surface area contributed by atoms with Crippen molar-refractivity contribution >= 4 is 74.7 Å². The average molecular weight is 1060 g/mol. The second-order valence-electron chi connectivity index (χ2n) is 22.9. The first-order valence-corrected chi connectivity index (χ1v) is 26.0. The Morgan fingerprint density at radius 3 is 1.83 bits per heavy atom. The number of aryl methyl sites for hydroxylation is 7. The molecule has 0 amide bonds. The molecule has 0 aliphatic heterocycles. The van der Waals surface area contributed by atoms with E-state index in [0.717, 1.165) is 61.9 Å². The minimum Gasteiger partial charge on any atom is -0.480 e.